The zero-order valence-electron chi connectivity index (χ0n) is 23.4. The maximum atomic E-state index is 12.4. The van der Waals surface area contributed by atoms with Crippen LogP contribution >= 0.6 is 23.2 Å². The number of aromatic amines is 2. The average Bonchev–Trinajstić information content (AvgIpc) is 3.72. The zero-order chi connectivity index (χ0) is 30.5. The van der Waals surface area contributed by atoms with E-state index in [1.807, 2.05) is 30.3 Å². The number of nitrogens with two attached hydrogens (primary N) is 1. The Hall–Kier alpha value is -3.74. The molecule has 0 bridgehead atoms. The summed E-state index contributed by atoms with van der Waals surface area (Å²) in [6, 6.07) is 16.0. The van der Waals surface area contributed by atoms with Crippen molar-refractivity contribution >= 4 is 57.3 Å². The summed E-state index contributed by atoms with van der Waals surface area (Å²) in [7, 11) is 0. The van der Waals surface area contributed by atoms with Gasteiger partial charge in [0.25, 0.3) is 0 Å². The molecule has 2 aliphatic rings. The van der Waals surface area contributed by atoms with Crippen molar-refractivity contribution in [3.8, 4) is 0 Å². The summed E-state index contributed by atoms with van der Waals surface area (Å²) in [4.78, 5) is 33.4. The van der Waals surface area contributed by atoms with E-state index in [4.69, 9.17) is 28.9 Å². The highest BCUT2D eigenvalue weighted by Gasteiger charge is 2.23. The Balaban J connectivity index is 0.000000207. The number of aliphatic hydroxyl groups is 2. The van der Waals surface area contributed by atoms with Gasteiger partial charge in [-0.15, -0.1) is 0 Å². The van der Waals surface area contributed by atoms with E-state index < -0.39 is 6.03 Å². The van der Waals surface area contributed by atoms with Crippen LogP contribution in [-0.2, 0) is 13.1 Å². The fraction of sp³-hybridized carbons (Fsp3) is 0.333. The molecule has 13 heteroatoms. The van der Waals surface area contributed by atoms with Crippen molar-refractivity contribution in [1.82, 2.24) is 15.3 Å². The molecular formula is C30H35Cl2N7O4. The van der Waals surface area contributed by atoms with Gasteiger partial charge in [-0.25, -0.2) is 9.59 Å². The summed E-state index contributed by atoms with van der Waals surface area (Å²) >= 11 is 12.1. The molecule has 1 aromatic heterocycles. The summed E-state index contributed by atoms with van der Waals surface area (Å²) in [5.41, 5.74) is 11.0. The number of imidazole rings is 1. The number of hydrogen-bond donors (Lipinski definition) is 7. The maximum absolute atomic E-state index is 12.4. The number of rotatable bonds is 6. The molecule has 228 valence electrons. The van der Waals surface area contributed by atoms with Gasteiger partial charge in [-0.1, -0.05) is 41.4 Å². The van der Waals surface area contributed by atoms with Crippen molar-refractivity contribution < 1.29 is 15.0 Å². The van der Waals surface area contributed by atoms with Crippen molar-refractivity contribution in [1.29, 1.82) is 0 Å². The van der Waals surface area contributed by atoms with Gasteiger partial charge in [0.1, 0.15) is 0 Å². The Kier molecular flexibility index (Phi) is 9.79. The van der Waals surface area contributed by atoms with Crippen LogP contribution in [0.1, 0.15) is 24.0 Å². The van der Waals surface area contributed by atoms with Crippen LogP contribution in [0.4, 0.5) is 21.9 Å². The lowest BCUT2D eigenvalue weighted by molar-refractivity contribution is 0.198. The first-order chi connectivity index (χ1) is 20.7. The van der Waals surface area contributed by atoms with Crippen LogP contribution in [0.15, 0.2) is 59.4 Å². The number of nitrogens with one attached hydrogen (secondary N) is 4. The van der Waals surface area contributed by atoms with Gasteiger partial charge in [-0.05, 0) is 60.4 Å². The fourth-order valence-electron chi connectivity index (χ4n) is 5.41. The molecule has 2 fully saturated rings. The molecule has 2 unspecified atom stereocenters. The molecule has 2 aliphatic heterocycles. The second-order valence-corrected chi connectivity index (χ2v) is 11.5. The van der Waals surface area contributed by atoms with Crippen molar-refractivity contribution in [3.63, 3.8) is 0 Å². The third-order valence-electron chi connectivity index (χ3n) is 7.56. The number of benzene rings is 3. The summed E-state index contributed by atoms with van der Waals surface area (Å²) in [5.74, 6) is 0. The molecule has 0 saturated carbocycles. The van der Waals surface area contributed by atoms with E-state index in [0.717, 1.165) is 42.0 Å². The van der Waals surface area contributed by atoms with Gasteiger partial charge >= 0.3 is 11.7 Å². The molecule has 2 atom stereocenters. The topological polar surface area (TPSA) is 163 Å². The Labute approximate surface area is 258 Å². The summed E-state index contributed by atoms with van der Waals surface area (Å²) in [6.45, 7) is 3.62. The third kappa shape index (κ3) is 7.62. The Morgan fingerprint density at radius 1 is 0.907 bits per heavy atom. The zero-order valence-corrected chi connectivity index (χ0v) is 25.0. The number of nitrogens with zero attached hydrogens (tertiary/aromatic N) is 2. The smallest absolute Gasteiger partial charge is 0.323 e. The third-order valence-corrected chi connectivity index (χ3v) is 8.03. The Morgan fingerprint density at radius 2 is 1.51 bits per heavy atom. The molecule has 11 nitrogen and oxygen atoms in total. The van der Waals surface area contributed by atoms with Gasteiger partial charge in [0.15, 0.2) is 0 Å². The summed E-state index contributed by atoms with van der Waals surface area (Å²) in [5, 5.41) is 26.2. The minimum atomic E-state index is -0.392. The molecule has 6 rings (SSSR count). The minimum Gasteiger partial charge on any atom is -0.391 e. The quantitative estimate of drug-likeness (QED) is 0.171. The van der Waals surface area contributed by atoms with Gasteiger partial charge in [0.2, 0.25) is 0 Å². The number of aromatic nitrogens is 2. The van der Waals surface area contributed by atoms with Crippen LogP contribution in [0.5, 0.6) is 0 Å². The number of aliphatic hydroxyl groups excluding tert-OH is 2. The second kappa shape index (κ2) is 13.7. The lowest BCUT2D eigenvalue weighted by atomic mass is 10.1. The van der Waals surface area contributed by atoms with E-state index in [9.17, 15) is 19.8 Å². The number of carbonyl (C=O) groups is 1. The number of hydrogen-bond acceptors (Lipinski definition) is 7. The van der Waals surface area contributed by atoms with E-state index in [-0.39, 0.29) is 17.9 Å². The lowest BCUT2D eigenvalue weighted by Crippen LogP contribution is -2.30. The van der Waals surface area contributed by atoms with Crippen molar-refractivity contribution in [2.75, 3.05) is 41.3 Å². The summed E-state index contributed by atoms with van der Waals surface area (Å²) in [6.07, 6.45) is 0.941. The minimum absolute atomic E-state index is 0.227. The second-order valence-electron chi connectivity index (χ2n) is 10.6. The monoisotopic (exact) mass is 627 g/mol. The molecule has 2 saturated heterocycles. The largest absolute Gasteiger partial charge is 0.391 e. The SMILES string of the molecule is NCc1ccc(Cl)cc1N1CCC(O)C1.O=C(NCc1ccc(Cl)cc1N1CCC(O)C1)Nc1cccc2[nH]c(=O)[nH]c12. The van der Waals surface area contributed by atoms with E-state index in [0.29, 0.717) is 59.4 Å². The normalized spacial score (nSPS) is 18.1. The number of anilines is 3. The van der Waals surface area contributed by atoms with Crippen LogP contribution in [0.3, 0.4) is 0 Å². The molecule has 3 heterocycles. The molecular weight excluding hydrogens is 593 g/mol. The number of para-hydroxylation sites is 1. The number of urea groups is 1. The highest BCUT2D eigenvalue weighted by molar-refractivity contribution is 6.31. The van der Waals surface area contributed by atoms with Gasteiger partial charge in [0, 0.05) is 60.7 Å². The Morgan fingerprint density at radius 3 is 2.09 bits per heavy atom. The van der Waals surface area contributed by atoms with Gasteiger partial charge in [-0.2, -0.15) is 0 Å². The first-order valence-electron chi connectivity index (χ1n) is 14.1. The van der Waals surface area contributed by atoms with E-state index in [1.165, 1.54) is 0 Å². The molecule has 43 heavy (non-hydrogen) atoms. The van der Waals surface area contributed by atoms with E-state index in [1.54, 1.807) is 24.3 Å². The van der Waals surface area contributed by atoms with Gasteiger partial charge in [0.05, 0.1) is 28.9 Å². The number of H-pyrrole nitrogens is 2. The first kappa shape index (κ1) is 30.7. The number of amides is 2. The number of fused-ring (bicyclic) bond motifs is 1. The average molecular weight is 629 g/mol. The van der Waals surface area contributed by atoms with Crippen LogP contribution in [0, 0.1) is 0 Å². The molecule has 2 amide bonds. The van der Waals surface area contributed by atoms with Gasteiger partial charge in [-0.3, -0.25) is 0 Å². The molecule has 3 aromatic carbocycles. The standard InChI is InChI=1S/C19H20ClN5O3.C11H15ClN2O/c20-12-5-4-11(16(8-12)25-7-6-13(26)10-25)9-21-18(27)22-14-2-1-3-15-17(14)24-19(28)23-15;12-9-2-1-8(6-13)11(5-9)14-4-3-10(15)7-14/h1-5,8,13,26H,6-7,9-10H2,(H2,21,22,27)(H2,23,24,28);1-2,5,10,15H,3-4,6-7,13H2. The highest BCUT2D eigenvalue weighted by atomic mass is 35.5. The van der Waals surface area contributed by atoms with E-state index in [2.05, 4.69) is 30.4 Å². The highest BCUT2D eigenvalue weighted by Crippen LogP contribution is 2.29. The fourth-order valence-corrected chi connectivity index (χ4v) is 5.74. The van der Waals surface area contributed by atoms with Crippen LogP contribution in [0.25, 0.3) is 11.0 Å². The molecule has 4 aromatic rings. The number of halogens is 2. The molecule has 8 N–H and O–H groups in total. The maximum Gasteiger partial charge on any atom is 0.323 e. The summed E-state index contributed by atoms with van der Waals surface area (Å²) < 4.78 is 0. The van der Waals surface area contributed by atoms with Crippen LogP contribution < -0.4 is 31.9 Å². The molecule has 0 radical (unpaired) electrons. The lowest BCUT2D eigenvalue weighted by Gasteiger charge is -2.22. The van der Waals surface area contributed by atoms with Crippen LogP contribution in [-0.4, -0.2) is 64.6 Å². The number of carbonyl (C=O) groups excluding carboxylic acids is 1. The number of β-amino-alcohol motifs (C(OH)–C–C–N with tert-alkyl or cyclic N) is 2. The first-order valence-corrected chi connectivity index (χ1v) is 14.8. The van der Waals surface area contributed by atoms with Crippen LogP contribution in [0.2, 0.25) is 10.0 Å². The van der Waals surface area contributed by atoms with Crippen molar-refractivity contribution in [3.05, 3.63) is 86.3 Å². The molecule has 0 spiro atoms. The van der Waals surface area contributed by atoms with Gasteiger partial charge < -0.3 is 46.3 Å². The van der Waals surface area contributed by atoms with E-state index >= 15 is 0 Å². The predicted octanol–water partition coefficient (Wildman–Crippen LogP) is 3.77. The van der Waals surface area contributed by atoms with Crippen molar-refractivity contribution in [2.45, 2.75) is 38.1 Å². The predicted molar refractivity (Wildman–Crippen MR) is 171 cm³/mol. The molecule has 0 aliphatic carbocycles. The van der Waals surface area contributed by atoms with Crippen molar-refractivity contribution in [2.24, 2.45) is 5.73 Å². The Bertz CT molecular complexity index is 1640.